The summed E-state index contributed by atoms with van der Waals surface area (Å²) in [7, 11) is 0. The standard InChI is InChI=1S/C11H6BrF3N2O/c12-9-5-4-7(6-16-9)18-10-3-1-2-8(17-10)11(13,14)15/h1-6H. The first-order valence-electron chi connectivity index (χ1n) is 4.79. The van der Waals surface area contributed by atoms with Crippen LogP contribution in [0.5, 0.6) is 11.6 Å². The molecule has 0 spiro atoms. The first-order valence-corrected chi connectivity index (χ1v) is 5.58. The molecule has 0 amide bonds. The van der Waals surface area contributed by atoms with Crippen LogP contribution in [0.4, 0.5) is 13.2 Å². The van der Waals surface area contributed by atoms with Crippen molar-refractivity contribution in [2.45, 2.75) is 6.18 Å². The number of hydrogen-bond donors (Lipinski definition) is 0. The van der Waals surface area contributed by atoms with Crippen LogP contribution in [0.3, 0.4) is 0 Å². The number of aromatic nitrogens is 2. The molecule has 18 heavy (non-hydrogen) atoms. The number of pyridine rings is 2. The molecule has 2 aromatic rings. The number of hydrogen-bond acceptors (Lipinski definition) is 3. The molecule has 0 bridgehead atoms. The molecule has 0 unspecified atom stereocenters. The Morgan fingerprint density at radius 1 is 1.11 bits per heavy atom. The van der Waals surface area contributed by atoms with Crippen LogP contribution >= 0.6 is 15.9 Å². The Bertz CT molecular complexity index is 543. The van der Waals surface area contributed by atoms with Crippen molar-refractivity contribution in [1.82, 2.24) is 9.97 Å². The van der Waals surface area contributed by atoms with Gasteiger partial charge in [0.15, 0.2) is 0 Å². The molecule has 2 heterocycles. The summed E-state index contributed by atoms with van der Waals surface area (Å²) in [4.78, 5) is 7.26. The van der Waals surface area contributed by atoms with E-state index in [0.717, 1.165) is 6.07 Å². The van der Waals surface area contributed by atoms with Gasteiger partial charge in [-0.05, 0) is 34.1 Å². The predicted octanol–water partition coefficient (Wildman–Crippen LogP) is 4.05. The minimum absolute atomic E-state index is 0.131. The molecule has 0 fully saturated rings. The van der Waals surface area contributed by atoms with E-state index in [9.17, 15) is 13.2 Å². The third kappa shape index (κ3) is 3.19. The summed E-state index contributed by atoms with van der Waals surface area (Å²) in [6.45, 7) is 0. The molecule has 0 aromatic carbocycles. The molecular formula is C11H6BrF3N2O. The zero-order valence-electron chi connectivity index (χ0n) is 8.78. The maximum Gasteiger partial charge on any atom is 0.433 e. The van der Waals surface area contributed by atoms with Gasteiger partial charge < -0.3 is 4.74 Å². The normalized spacial score (nSPS) is 11.3. The summed E-state index contributed by atoms with van der Waals surface area (Å²) in [6, 6.07) is 6.64. The minimum Gasteiger partial charge on any atom is -0.437 e. The highest BCUT2D eigenvalue weighted by Gasteiger charge is 2.32. The molecule has 0 aliphatic heterocycles. The van der Waals surface area contributed by atoms with E-state index in [1.807, 2.05) is 0 Å². The Labute approximate surface area is 109 Å². The van der Waals surface area contributed by atoms with Gasteiger partial charge in [0.25, 0.3) is 0 Å². The Morgan fingerprint density at radius 3 is 2.50 bits per heavy atom. The third-order valence-electron chi connectivity index (χ3n) is 1.94. The summed E-state index contributed by atoms with van der Waals surface area (Å²) in [5, 5.41) is 0. The van der Waals surface area contributed by atoms with Gasteiger partial charge in [0.2, 0.25) is 5.88 Å². The van der Waals surface area contributed by atoms with E-state index < -0.39 is 11.9 Å². The Balaban J connectivity index is 2.22. The van der Waals surface area contributed by atoms with Crippen molar-refractivity contribution in [3.05, 3.63) is 46.8 Å². The minimum atomic E-state index is -4.49. The van der Waals surface area contributed by atoms with Gasteiger partial charge in [-0.1, -0.05) is 6.07 Å². The highest BCUT2D eigenvalue weighted by Crippen LogP contribution is 2.29. The van der Waals surface area contributed by atoms with Crippen LogP contribution < -0.4 is 4.74 Å². The van der Waals surface area contributed by atoms with E-state index in [1.165, 1.54) is 18.3 Å². The van der Waals surface area contributed by atoms with Crippen molar-refractivity contribution in [2.75, 3.05) is 0 Å². The lowest BCUT2D eigenvalue weighted by Gasteiger charge is -2.08. The van der Waals surface area contributed by atoms with Crippen molar-refractivity contribution in [3.63, 3.8) is 0 Å². The molecule has 2 aromatic heterocycles. The first-order chi connectivity index (χ1) is 8.45. The summed E-state index contributed by atoms with van der Waals surface area (Å²) in [6.07, 6.45) is -3.11. The summed E-state index contributed by atoms with van der Waals surface area (Å²) < 4.78 is 43.0. The van der Waals surface area contributed by atoms with Gasteiger partial charge in [-0.3, -0.25) is 0 Å². The Kier molecular flexibility index (Phi) is 3.51. The van der Waals surface area contributed by atoms with Crippen molar-refractivity contribution < 1.29 is 17.9 Å². The van der Waals surface area contributed by atoms with Crippen LogP contribution in [-0.2, 0) is 6.18 Å². The zero-order chi connectivity index (χ0) is 13.2. The fourth-order valence-electron chi connectivity index (χ4n) is 1.17. The van der Waals surface area contributed by atoms with Crippen molar-refractivity contribution in [3.8, 4) is 11.6 Å². The summed E-state index contributed by atoms with van der Waals surface area (Å²) in [5.74, 6) is 0.180. The van der Waals surface area contributed by atoms with E-state index >= 15 is 0 Å². The van der Waals surface area contributed by atoms with Crippen molar-refractivity contribution >= 4 is 15.9 Å². The number of alkyl halides is 3. The van der Waals surface area contributed by atoms with E-state index in [2.05, 4.69) is 25.9 Å². The van der Waals surface area contributed by atoms with Gasteiger partial charge in [0, 0.05) is 6.07 Å². The molecular weight excluding hydrogens is 313 g/mol. The molecule has 0 saturated heterocycles. The number of nitrogens with zero attached hydrogens (tertiary/aromatic N) is 2. The lowest BCUT2D eigenvalue weighted by atomic mass is 10.3. The largest absolute Gasteiger partial charge is 0.437 e. The fraction of sp³-hybridized carbons (Fsp3) is 0.0909. The van der Waals surface area contributed by atoms with Gasteiger partial charge in [0.1, 0.15) is 16.0 Å². The van der Waals surface area contributed by atoms with Crippen molar-refractivity contribution in [1.29, 1.82) is 0 Å². The van der Waals surface area contributed by atoms with Gasteiger partial charge in [-0.2, -0.15) is 13.2 Å². The van der Waals surface area contributed by atoms with Gasteiger partial charge >= 0.3 is 6.18 Å². The number of ether oxygens (including phenoxy) is 1. The molecule has 0 saturated carbocycles. The summed E-state index contributed by atoms with van der Waals surface area (Å²) >= 11 is 3.14. The highest BCUT2D eigenvalue weighted by molar-refractivity contribution is 9.10. The van der Waals surface area contributed by atoms with Crippen LogP contribution in [0.2, 0.25) is 0 Å². The average molecular weight is 319 g/mol. The smallest absolute Gasteiger partial charge is 0.433 e. The molecule has 0 atom stereocenters. The van der Waals surface area contributed by atoms with Crippen LogP contribution in [-0.4, -0.2) is 9.97 Å². The average Bonchev–Trinajstić information content (AvgIpc) is 2.31. The maximum atomic E-state index is 12.4. The lowest BCUT2D eigenvalue weighted by Crippen LogP contribution is -2.07. The zero-order valence-corrected chi connectivity index (χ0v) is 10.4. The molecule has 7 heteroatoms. The van der Waals surface area contributed by atoms with E-state index in [0.29, 0.717) is 10.4 Å². The monoisotopic (exact) mass is 318 g/mol. The topological polar surface area (TPSA) is 35.0 Å². The SMILES string of the molecule is FC(F)(F)c1cccc(Oc2ccc(Br)nc2)n1. The van der Waals surface area contributed by atoms with Gasteiger partial charge in [-0.15, -0.1) is 0 Å². The molecule has 2 rings (SSSR count). The van der Waals surface area contributed by atoms with E-state index in [1.54, 1.807) is 12.1 Å². The third-order valence-corrected chi connectivity index (χ3v) is 2.41. The molecule has 3 nitrogen and oxygen atoms in total. The van der Waals surface area contributed by atoms with Crippen molar-refractivity contribution in [2.24, 2.45) is 0 Å². The van der Waals surface area contributed by atoms with Crippen LogP contribution in [0, 0.1) is 0 Å². The van der Waals surface area contributed by atoms with E-state index in [-0.39, 0.29) is 5.88 Å². The van der Waals surface area contributed by atoms with Crippen LogP contribution in [0.25, 0.3) is 0 Å². The quantitative estimate of drug-likeness (QED) is 0.783. The lowest BCUT2D eigenvalue weighted by molar-refractivity contribution is -0.141. The second-order valence-corrected chi connectivity index (χ2v) is 4.09. The number of halogens is 4. The Hall–Kier alpha value is -1.63. The molecule has 0 aliphatic rings. The molecule has 0 radical (unpaired) electrons. The van der Waals surface area contributed by atoms with Crippen LogP contribution in [0.1, 0.15) is 5.69 Å². The summed E-state index contributed by atoms with van der Waals surface area (Å²) in [5.41, 5.74) is -0.995. The predicted molar refractivity (Wildman–Crippen MR) is 61.3 cm³/mol. The second-order valence-electron chi connectivity index (χ2n) is 3.28. The molecule has 94 valence electrons. The molecule has 0 N–H and O–H groups in total. The van der Waals surface area contributed by atoms with Gasteiger partial charge in [-0.25, -0.2) is 9.97 Å². The van der Waals surface area contributed by atoms with Crippen LogP contribution in [0.15, 0.2) is 41.1 Å². The Morgan fingerprint density at radius 2 is 1.89 bits per heavy atom. The number of rotatable bonds is 2. The maximum absolute atomic E-state index is 12.4. The second kappa shape index (κ2) is 4.93. The van der Waals surface area contributed by atoms with E-state index in [4.69, 9.17) is 4.74 Å². The first kappa shape index (κ1) is 12.8. The highest BCUT2D eigenvalue weighted by atomic mass is 79.9. The fourth-order valence-corrected chi connectivity index (χ4v) is 1.41. The molecule has 0 aliphatic carbocycles. The van der Waals surface area contributed by atoms with Gasteiger partial charge in [0.05, 0.1) is 6.20 Å².